The van der Waals surface area contributed by atoms with Crippen molar-refractivity contribution in [1.29, 1.82) is 0 Å². The Labute approximate surface area is 148 Å². The van der Waals surface area contributed by atoms with E-state index in [0.717, 1.165) is 50.0 Å². The van der Waals surface area contributed by atoms with Gasteiger partial charge in [0, 0.05) is 18.8 Å². The molecule has 3 rings (SSSR count). The molecule has 0 spiro atoms. The number of nitrogens with one attached hydrogen (secondary N) is 1. The molecule has 3 N–H and O–H groups in total. The number of piperidine rings is 1. The lowest BCUT2D eigenvalue weighted by atomic mass is 9.97. The maximum absolute atomic E-state index is 12.3. The molecule has 6 nitrogen and oxygen atoms in total. The standard InChI is InChI=1S/C19H25N3O3/c20-18(23)15-5-2-8-22(12-15)11-14-4-1-7-17(10-14)21-19(24)16-6-3-9-25-13-16/h1,4,7,10,13,15H,2-3,5-6,8-9,11-12H2,(H2,20,23)(H,21,24). The van der Waals surface area contributed by atoms with Gasteiger partial charge < -0.3 is 15.8 Å². The molecular formula is C19H25N3O3. The van der Waals surface area contributed by atoms with E-state index in [0.29, 0.717) is 18.7 Å². The molecule has 134 valence electrons. The quantitative estimate of drug-likeness (QED) is 0.856. The van der Waals surface area contributed by atoms with Crippen LogP contribution in [-0.4, -0.2) is 36.4 Å². The molecule has 1 aromatic rings. The van der Waals surface area contributed by atoms with Crippen molar-refractivity contribution in [2.75, 3.05) is 25.0 Å². The van der Waals surface area contributed by atoms with Gasteiger partial charge >= 0.3 is 0 Å². The van der Waals surface area contributed by atoms with Crippen LogP contribution in [0.25, 0.3) is 0 Å². The number of carbonyl (C=O) groups excluding carboxylic acids is 2. The molecular weight excluding hydrogens is 318 g/mol. The summed E-state index contributed by atoms with van der Waals surface area (Å²) in [4.78, 5) is 25.9. The lowest BCUT2D eigenvalue weighted by Gasteiger charge is -2.31. The minimum atomic E-state index is -0.214. The normalized spacial score (nSPS) is 21.1. The molecule has 2 heterocycles. The second kappa shape index (κ2) is 8.16. The van der Waals surface area contributed by atoms with Crippen molar-refractivity contribution in [3.63, 3.8) is 0 Å². The summed E-state index contributed by atoms with van der Waals surface area (Å²) in [7, 11) is 0. The first kappa shape index (κ1) is 17.5. The van der Waals surface area contributed by atoms with E-state index in [2.05, 4.69) is 10.2 Å². The first-order chi connectivity index (χ1) is 12.1. The molecule has 0 aliphatic carbocycles. The molecule has 2 aliphatic rings. The van der Waals surface area contributed by atoms with Crippen LogP contribution in [0.5, 0.6) is 0 Å². The van der Waals surface area contributed by atoms with E-state index in [1.165, 1.54) is 0 Å². The van der Waals surface area contributed by atoms with E-state index in [4.69, 9.17) is 10.5 Å². The number of amides is 2. The Morgan fingerprint density at radius 1 is 1.32 bits per heavy atom. The first-order valence-corrected chi connectivity index (χ1v) is 8.84. The van der Waals surface area contributed by atoms with Crippen LogP contribution in [0.15, 0.2) is 36.1 Å². The molecule has 1 unspecified atom stereocenters. The minimum Gasteiger partial charge on any atom is -0.501 e. The monoisotopic (exact) mass is 343 g/mol. The van der Waals surface area contributed by atoms with Crippen LogP contribution in [-0.2, 0) is 20.9 Å². The zero-order valence-corrected chi connectivity index (χ0v) is 14.4. The number of likely N-dealkylation sites (tertiary alicyclic amines) is 1. The fraction of sp³-hybridized carbons (Fsp3) is 0.474. The molecule has 0 saturated carbocycles. The highest BCUT2D eigenvalue weighted by molar-refractivity contribution is 6.03. The lowest BCUT2D eigenvalue weighted by molar-refractivity contribution is -0.123. The largest absolute Gasteiger partial charge is 0.501 e. The van der Waals surface area contributed by atoms with Crippen molar-refractivity contribution < 1.29 is 14.3 Å². The predicted molar refractivity (Wildman–Crippen MR) is 95.5 cm³/mol. The highest BCUT2D eigenvalue weighted by Gasteiger charge is 2.23. The van der Waals surface area contributed by atoms with Gasteiger partial charge in [0.15, 0.2) is 0 Å². The van der Waals surface area contributed by atoms with Crippen molar-refractivity contribution in [1.82, 2.24) is 4.90 Å². The van der Waals surface area contributed by atoms with Crippen molar-refractivity contribution in [2.24, 2.45) is 11.7 Å². The zero-order chi connectivity index (χ0) is 17.6. The van der Waals surface area contributed by atoms with E-state index in [-0.39, 0.29) is 17.7 Å². The number of anilines is 1. The summed E-state index contributed by atoms with van der Waals surface area (Å²) in [5, 5.41) is 2.94. The van der Waals surface area contributed by atoms with Gasteiger partial charge in [0.1, 0.15) is 0 Å². The third-order valence-electron chi connectivity index (χ3n) is 4.72. The molecule has 0 bridgehead atoms. The summed E-state index contributed by atoms with van der Waals surface area (Å²) in [6.45, 7) is 3.09. The maximum atomic E-state index is 12.3. The van der Waals surface area contributed by atoms with Crippen LogP contribution in [0.3, 0.4) is 0 Å². The third kappa shape index (κ3) is 4.82. The number of carbonyl (C=O) groups is 2. The van der Waals surface area contributed by atoms with Crippen LogP contribution in [0.2, 0.25) is 0 Å². The number of rotatable bonds is 5. The van der Waals surface area contributed by atoms with Gasteiger partial charge in [-0.2, -0.15) is 0 Å². The number of hydrogen-bond donors (Lipinski definition) is 2. The van der Waals surface area contributed by atoms with Crippen LogP contribution < -0.4 is 11.1 Å². The molecule has 2 amide bonds. The molecule has 1 saturated heterocycles. The van der Waals surface area contributed by atoms with E-state index >= 15 is 0 Å². The Bertz CT molecular complexity index is 672. The Morgan fingerprint density at radius 3 is 2.96 bits per heavy atom. The van der Waals surface area contributed by atoms with Crippen LogP contribution in [0.1, 0.15) is 31.2 Å². The number of hydrogen-bond acceptors (Lipinski definition) is 4. The Kier molecular flexibility index (Phi) is 5.71. The van der Waals surface area contributed by atoms with Gasteiger partial charge in [-0.1, -0.05) is 12.1 Å². The summed E-state index contributed by atoms with van der Waals surface area (Å²) in [6.07, 6.45) is 5.03. The predicted octanol–water partition coefficient (Wildman–Crippen LogP) is 2.02. The molecule has 6 heteroatoms. The summed E-state index contributed by atoms with van der Waals surface area (Å²) >= 11 is 0. The molecule has 2 aliphatic heterocycles. The number of benzene rings is 1. The molecule has 1 fully saturated rings. The SMILES string of the molecule is NC(=O)C1CCCN(Cc2cccc(NC(=O)C3=COCCC3)c2)C1. The van der Waals surface area contributed by atoms with Gasteiger partial charge in [-0.05, 0) is 49.9 Å². The third-order valence-corrected chi connectivity index (χ3v) is 4.72. The summed E-state index contributed by atoms with van der Waals surface area (Å²) < 4.78 is 5.23. The number of nitrogens with two attached hydrogens (primary N) is 1. The summed E-state index contributed by atoms with van der Waals surface area (Å²) in [5.74, 6) is -0.382. The second-order valence-electron chi connectivity index (χ2n) is 6.75. The Balaban J connectivity index is 1.60. The van der Waals surface area contributed by atoms with Crippen LogP contribution in [0, 0.1) is 5.92 Å². The number of primary amides is 1. The van der Waals surface area contributed by atoms with E-state index in [9.17, 15) is 9.59 Å². The van der Waals surface area contributed by atoms with Gasteiger partial charge in [-0.25, -0.2) is 0 Å². The fourth-order valence-corrected chi connectivity index (χ4v) is 3.38. The van der Waals surface area contributed by atoms with Crippen molar-refractivity contribution >= 4 is 17.5 Å². The lowest BCUT2D eigenvalue weighted by Crippen LogP contribution is -2.40. The first-order valence-electron chi connectivity index (χ1n) is 8.84. The molecule has 0 radical (unpaired) electrons. The van der Waals surface area contributed by atoms with Crippen LogP contribution >= 0.6 is 0 Å². The molecule has 1 atom stereocenters. The van der Waals surface area contributed by atoms with Crippen molar-refractivity contribution in [3.05, 3.63) is 41.7 Å². The maximum Gasteiger partial charge on any atom is 0.254 e. The van der Waals surface area contributed by atoms with Gasteiger partial charge in [0.2, 0.25) is 5.91 Å². The minimum absolute atomic E-state index is 0.0603. The summed E-state index contributed by atoms with van der Waals surface area (Å²) in [5.41, 5.74) is 8.01. The average molecular weight is 343 g/mol. The Morgan fingerprint density at radius 2 is 2.20 bits per heavy atom. The highest BCUT2D eigenvalue weighted by atomic mass is 16.5. The number of ether oxygens (including phenoxy) is 1. The van der Waals surface area contributed by atoms with Gasteiger partial charge in [-0.3, -0.25) is 14.5 Å². The van der Waals surface area contributed by atoms with Crippen molar-refractivity contribution in [3.8, 4) is 0 Å². The van der Waals surface area contributed by atoms with Gasteiger partial charge in [-0.15, -0.1) is 0 Å². The van der Waals surface area contributed by atoms with Crippen LogP contribution in [0.4, 0.5) is 5.69 Å². The molecule has 1 aromatic carbocycles. The van der Waals surface area contributed by atoms with Gasteiger partial charge in [0.05, 0.1) is 24.4 Å². The molecule has 25 heavy (non-hydrogen) atoms. The molecule has 0 aromatic heterocycles. The highest BCUT2D eigenvalue weighted by Crippen LogP contribution is 2.20. The zero-order valence-electron chi connectivity index (χ0n) is 14.4. The fourth-order valence-electron chi connectivity index (χ4n) is 3.38. The van der Waals surface area contributed by atoms with E-state index in [1.807, 2.05) is 24.3 Å². The smallest absolute Gasteiger partial charge is 0.254 e. The summed E-state index contributed by atoms with van der Waals surface area (Å²) in [6, 6.07) is 7.84. The topological polar surface area (TPSA) is 84.7 Å². The second-order valence-corrected chi connectivity index (χ2v) is 6.75. The van der Waals surface area contributed by atoms with E-state index < -0.39 is 0 Å². The van der Waals surface area contributed by atoms with Gasteiger partial charge in [0.25, 0.3) is 5.91 Å². The Hall–Kier alpha value is -2.34. The van der Waals surface area contributed by atoms with E-state index in [1.54, 1.807) is 6.26 Å². The average Bonchev–Trinajstić information content (AvgIpc) is 2.63. The number of nitrogens with zero attached hydrogens (tertiary/aromatic N) is 1. The van der Waals surface area contributed by atoms with Crippen molar-refractivity contribution in [2.45, 2.75) is 32.2 Å².